The van der Waals surface area contributed by atoms with Gasteiger partial charge in [-0.1, -0.05) is 87.6 Å². The Labute approximate surface area is 232 Å². The summed E-state index contributed by atoms with van der Waals surface area (Å²) in [6.45, 7) is 5.59. The normalized spacial score (nSPS) is 14.4. The second kappa shape index (κ2) is 15.3. The Hall–Kier alpha value is -3.32. The van der Waals surface area contributed by atoms with E-state index >= 15 is 0 Å². The van der Waals surface area contributed by atoms with Crippen LogP contribution in [-0.4, -0.2) is 46.4 Å². The predicted molar refractivity (Wildman–Crippen MR) is 157 cm³/mol. The fraction of sp³-hybridized carbons (Fsp3) is 0.500. The van der Waals surface area contributed by atoms with Crippen molar-refractivity contribution in [3.05, 3.63) is 71.9 Å². The third-order valence-corrected chi connectivity index (χ3v) is 7.25. The first-order valence-corrected chi connectivity index (χ1v) is 14.3. The van der Waals surface area contributed by atoms with Crippen LogP contribution in [0.15, 0.2) is 60.8 Å². The van der Waals surface area contributed by atoms with Crippen LogP contribution >= 0.6 is 0 Å². The molecular weight excluding hydrogens is 490 g/mol. The highest BCUT2D eigenvalue weighted by Crippen LogP contribution is 2.23. The van der Waals surface area contributed by atoms with Gasteiger partial charge in [-0.25, -0.2) is 4.79 Å². The topological polar surface area (TPSA) is 103 Å². The molecule has 0 saturated carbocycles. The average molecular weight is 536 g/mol. The summed E-state index contributed by atoms with van der Waals surface area (Å²) in [6.07, 6.45) is 9.57. The molecule has 39 heavy (non-hydrogen) atoms. The second-order valence-electron chi connectivity index (χ2n) is 10.8. The van der Waals surface area contributed by atoms with Gasteiger partial charge in [-0.15, -0.1) is 0 Å². The average Bonchev–Trinajstić information content (AvgIpc) is 3.33. The minimum absolute atomic E-state index is 0.219. The zero-order valence-corrected chi connectivity index (χ0v) is 23.7. The number of aliphatic hydroxyl groups is 1. The van der Waals surface area contributed by atoms with Crippen LogP contribution in [0.2, 0.25) is 0 Å². The SMILES string of the molecule is CCCCCCCC[C@H](C)OC(=O)N[C@](C)(Cc1c[nH]c2ccccc12)C(=O)N[C@@H](CO)Cc1ccccc1. The van der Waals surface area contributed by atoms with E-state index in [4.69, 9.17) is 4.74 Å². The highest BCUT2D eigenvalue weighted by molar-refractivity contribution is 5.91. The molecule has 0 unspecified atom stereocenters. The molecule has 0 bridgehead atoms. The number of unbranched alkanes of at least 4 members (excludes halogenated alkanes) is 5. The maximum absolute atomic E-state index is 13.7. The van der Waals surface area contributed by atoms with Crippen molar-refractivity contribution >= 4 is 22.9 Å². The van der Waals surface area contributed by atoms with E-state index in [2.05, 4.69) is 22.5 Å². The Bertz CT molecular complexity index is 1160. The molecule has 3 aromatic rings. The lowest BCUT2D eigenvalue weighted by atomic mass is 9.91. The number of carbonyl (C=O) groups is 2. The molecule has 2 aromatic carbocycles. The summed E-state index contributed by atoms with van der Waals surface area (Å²) in [7, 11) is 0. The largest absolute Gasteiger partial charge is 0.447 e. The fourth-order valence-corrected chi connectivity index (χ4v) is 4.95. The number of alkyl carbamates (subject to hydrolysis) is 1. The summed E-state index contributed by atoms with van der Waals surface area (Å²) in [4.78, 5) is 30.0. The molecular formula is C32H45N3O4. The number of aromatic nitrogens is 1. The quantitative estimate of drug-likeness (QED) is 0.168. The van der Waals surface area contributed by atoms with Crippen LogP contribution < -0.4 is 10.6 Å². The maximum Gasteiger partial charge on any atom is 0.408 e. The minimum atomic E-state index is -1.30. The van der Waals surface area contributed by atoms with E-state index in [1.54, 1.807) is 6.92 Å². The number of carbonyl (C=O) groups excluding carboxylic acids is 2. The maximum atomic E-state index is 13.7. The van der Waals surface area contributed by atoms with Gasteiger partial charge in [0.2, 0.25) is 5.91 Å². The van der Waals surface area contributed by atoms with Crippen molar-refractivity contribution in [2.45, 2.75) is 96.2 Å². The van der Waals surface area contributed by atoms with Crippen LogP contribution in [-0.2, 0) is 22.4 Å². The monoisotopic (exact) mass is 535 g/mol. The van der Waals surface area contributed by atoms with E-state index in [9.17, 15) is 14.7 Å². The van der Waals surface area contributed by atoms with Gasteiger partial charge in [-0.3, -0.25) is 4.79 Å². The van der Waals surface area contributed by atoms with Crippen molar-refractivity contribution in [3.8, 4) is 0 Å². The van der Waals surface area contributed by atoms with Crippen LogP contribution in [0.5, 0.6) is 0 Å². The summed E-state index contributed by atoms with van der Waals surface area (Å²) >= 11 is 0. The number of para-hydroxylation sites is 1. The molecule has 1 heterocycles. The highest BCUT2D eigenvalue weighted by atomic mass is 16.6. The zero-order chi connectivity index (χ0) is 28.1. The first-order valence-electron chi connectivity index (χ1n) is 14.3. The van der Waals surface area contributed by atoms with Crippen LogP contribution in [0.25, 0.3) is 10.9 Å². The molecule has 212 valence electrons. The number of aromatic amines is 1. The lowest BCUT2D eigenvalue weighted by Crippen LogP contribution is -2.60. The Morgan fingerprint density at radius 2 is 1.69 bits per heavy atom. The Morgan fingerprint density at radius 3 is 2.44 bits per heavy atom. The van der Waals surface area contributed by atoms with Gasteiger partial charge in [0.1, 0.15) is 11.6 Å². The number of aliphatic hydroxyl groups excluding tert-OH is 1. The molecule has 0 aliphatic rings. The minimum Gasteiger partial charge on any atom is -0.447 e. The third kappa shape index (κ3) is 9.43. The van der Waals surface area contributed by atoms with Gasteiger partial charge >= 0.3 is 6.09 Å². The van der Waals surface area contributed by atoms with Crippen LogP contribution in [0.1, 0.15) is 76.8 Å². The fourth-order valence-electron chi connectivity index (χ4n) is 4.95. The first-order chi connectivity index (χ1) is 18.8. The van der Waals surface area contributed by atoms with Gasteiger partial charge in [0.05, 0.1) is 12.6 Å². The molecule has 2 amide bonds. The first kappa shape index (κ1) is 30.2. The molecule has 0 saturated heterocycles. The molecule has 3 atom stereocenters. The van der Waals surface area contributed by atoms with Crippen LogP contribution in [0, 0.1) is 0 Å². The Balaban J connectivity index is 1.69. The highest BCUT2D eigenvalue weighted by Gasteiger charge is 2.38. The number of rotatable bonds is 16. The summed E-state index contributed by atoms with van der Waals surface area (Å²) in [5.74, 6) is -0.372. The van der Waals surface area contributed by atoms with Crippen LogP contribution in [0.4, 0.5) is 4.79 Å². The van der Waals surface area contributed by atoms with Crippen molar-refractivity contribution in [1.29, 1.82) is 0 Å². The van der Waals surface area contributed by atoms with Gasteiger partial charge in [-0.2, -0.15) is 0 Å². The number of benzene rings is 2. The number of ether oxygens (including phenoxy) is 1. The van der Waals surface area contributed by atoms with E-state index in [0.717, 1.165) is 41.3 Å². The van der Waals surface area contributed by atoms with Crippen LogP contribution in [0.3, 0.4) is 0 Å². The molecule has 0 aliphatic carbocycles. The number of nitrogens with one attached hydrogen (secondary N) is 3. The molecule has 1 aromatic heterocycles. The van der Waals surface area contributed by atoms with Crippen molar-refractivity contribution < 1.29 is 19.4 Å². The van der Waals surface area contributed by atoms with Gasteiger partial charge in [0, 0.05) is 23.5 Å². The van der Waals surface area contributed by atoms with Gasteiger partial charge in [-0.05, 0) is 50.3 Å². The van der Waals surface area contributed by atoms with Crippen molar-refractivity contribution in [1.82, 2.24) is 15.6 Å². The van der Waals surface area contributed by atoms with Gasteiger partial charge in [0.25, 0.3) is 0 Å². The van der Waals surface area contributed by atoms with E-state index in [0.29, 0.717) is 6.42 Å². The lowest BCUT2D eigenvalue weighted by Gasteiger charge is -2.31. The molecule has 0 spiro atoms. The summed E-state index contributed by atoms with van der Waals surface area (Å²) in [5, 5.41) is 16.8. The third-order valence-electron chi connectivity index (χ3n) is 7.25. The van der Waals surface area contributed by atoms with E-state index in [1.807, 2.05) is 67.7 Å². The number of fused-ring (bicyclic) bond motifs is 1. The predicted octanol–water partition coefficient (Wildman–Crippen LogP) is 6.05. The molecule has 0 fully saturated rings. The van der Waals surface area contributed by atoms with Crippen molar-refractivity contribution in [2.75, 3.05) is 6.61 Å². The van der Waals surface area contributed by atoms with E-state index < -0.39 is 17.7 Å². The van der Waals surface area contributed by atoms with Crippen molar-refractivity contribution in [3.63, 3.8) is 0 Å². The Kier molecular flexibility index (Phi) is 11.9. The van der Waals surface area contributed by atoms with E-state index in [1.165, 1.54) is 25.7 Å². The number of hydrogen-bond acceptors (Lipinski definition) is 4. The summed E-state index contributed by atoms with van der Waals surface area (Å²) < 4.78 is 5.67. The standard InChI is InChI=1S/C32H45N3O4/c1-4-5-6-7-8-10-15-24(2)39-31(38)35-32(3,21-26-22-33-29-19-14-13-18-28(26)29)30(37)34-27(23-36)20-25-16-11-9-12-17-25/h9,11-14,16-19,22,24,27,33,36H,4-8,10,15,20-21,23H2,1-3H3,(H,34,37)(H,35,38)/t24-,27+,32+/m0/s1. The van der Waals surface area contributed by atoms with E-state index in [-0.39, 0.29) is 25.0 Å². The molecule has 0 radical (unpaired) electrons. The molecule has 3 rings (SSSR count). The zero-order valence-electron chi connectivity index (χ0n) is 23.7. The van der Waals surface area contributed by atoms with Crippen molar-refractivity contribution in [2.24, 2.45) is 0 Å². The number of H-pyrrole nitrogens is 1. The smallest absolute Gasteiger partial charge is 0.408 e. The van der Waals surface area contributed by atoms with Gasteiger partial charge in [0.15, 0.2) is 0 Å². The molecule has 7 nitrogen and oxygen atoms in total. The lowest BCUT2D eigenvalue weighted by molar-refractivity contribution is -0.128. The molecule has 7 heteroatoms. The molecule has 4 N–H and O–H groups in total. The summed E-state index contributed by atoms with van der Waals surface area (Å²) in [5.41, 5.74) is 1.58. The second-order valence-corrected chi connectivity index (χ2v) is 10.8. The summed E-state index contributed by atoms with van der Waals surface area (Å²) in [6, 6.07) is 17.1. The van der Waals surface area contributed by atoms with Gasteiger partial charge < -0.3 is 25.5 Å². The number of hydrogen-bond donors (Lipinski definition) is 4. The molecule has 0 aliphatic heterocycles. The Morgan fingerprint density at radius 1 is 1.00 bits per heavy atom. The number of amides is 2.